The van der Waals surface area contributed by atoms with Gasteiger partial charge in [-0.15, -0.1) is 0 Å². The van der Waals surface area contributed by atoms with Crippen LogP contribution in [0.25, 0.3) is 22.5 Å². The summed E-state index contributed by atoms with van der Waals surface area (Å²) in [5.41, 5.74) is 2.29. The normalized spacial score (nSPS) is 11.6. The summed E-state index contributed by atoms with van der Waals surface area (Å²) >= 11 is 3.46. The average Bonchev–Trinajstić information content (AvgIpc) is 2.96. The van der Waals surface area contributed by atoms with Gasteiger partial charge < -0.3 is 0 Å². The highest BCUT2D eigenvalue weighted by Gasteiger charge is 2.30. The first-order valence-electron chi connectivity index (χ1n) is 6.43. The summed E-state index contributed by atoms with van der Waals surface area (Å²) in [6, 6.07) is 14.4. The van der Waals surface area contributed by atoms with Crippen molar-refractivity contribution in [2.75, 3.05) is 0 Å². The van der Waals surface area contributed by atoms with Crippen LogP contribution in [0.15, 0.2) is 59.1 Å². The number of aromatic amines is 1. The first kappa shape index (κ1) is 14.8. The van der Waals surface area contributed by atoms with E-state index in [2.05, 4.69) is 26.1 Å². The Morgan fingerprint density at radius 2 is 1.64 bits per heavy atom. The molecule has 1 heterocycles. The molecule has 6 heteroatoms. The number of halogens is 4. The van der Waals surface area contributed by atoms with Gasteiger partial charge >= 0.3 is 6.18 Å². The van der Waals surface area contributed by atoms with Crippen LogP contribution < -0.4 is 0 Å². The minimum atomic E-state index is -4.33. The number of H-pyrrole nitrogens is 1. The standard InChI is InChI=1S/C16H10BrF3N2/c17-13-4-2-1-3-12(13)15-9-14(21-22-15)10-5-7-11(8-6-10)16(18,19)20/h1-9H,(H,21,22). The molecule has 2 nitrogen and oxygen atoms in total. The van der Waals surface area contributed by atoms with Gasteiger partial charge in [0, 0.05) is 15.6 Å². The van der Waals surface area contributed by atoms with E-state index in [0.29, 0.717) is 11.3 Å². The summed E-state index contributed by atoms with van der Waals surface area (Å²) in [7, 11) is 0. The molecule has 0 spiro atoms. The summed E-state index contributed by atoms with van der Waals surface area (Å²) < 4.78 is 38.6. The van der Waals surface area contributed by atoms with Gasteiger partial charge in [-0.2, -0.15) is 18.3 Å². The van der Waals surface area contributed by atoms with Crippen molar-refractivity contribution in [3.8, 4) is 22.5 Å². The molecular weight excluding hydrogens is 357 g/mol. The molecule has 3 rings (SSSR count). The average molecular weight is 367 g/mol. The molecule has 0 aliphatic heterocycles. The first-order chi connectivity index (χ1) is 10.4. The second-order valence-corrected chi connectivity index (χ2v) is 5.58. The Bertz CT molecular complexity index is 792. The zero-order chi connectivity index (χ0) is 15.7. The molecule has 0 aliphatic carbocycles. The maximum atomic E-state index is 12.6. The Kier molecular flexibility index (Phi) is 3.78. The second kappa shape index (κ2) is 5.61. The van der Waals surface area contributed by atoms with Crippen LogP contribution in [0.5, 0.6) is 0 Å². The monoisotopic (exact) mass is 366 g/mol. The lowest BCUT2D eigenvalue weighted by Crippen LogP contribution is -2.03. The number of alkyl halides is 3. The lowest BCUT2D eigenvalue weighted by Gasteiger charge is -2.06. The molecule has 0 radical (unpaired) electrons. The van der Waals surface area contributed by atoms with Gasteiger partial charge in [-0.3, -0.25) is 5.10 Å². The lowest BCUT2D eigenvalue weighted by atomic mass is 10.1. The molecule has 0 bridgehead atoms. The van der Waals surface area contributed by atoms with Gasteiger partial charge in [0.15, 0.2) is 0 Å². The molecular formula is C16H10BrF3N2. The number of hydrogen-bond acceptors (Lipinski definition) is 1. The number of hydrogen-bond donors (Lipinski definition) is 1. The summed E-state index contributed by atoms with van der Waals surface area (Å²) in [6.07, 6.45) is -4.33. The summed E-state index contributed by atoms with van der Waals surface area (Å²) in [5.74, 6) is 0. The van der Waals surface area contributed by atoms with Gasteiger partial charge in [0.2, 0.25) is 0 Å². The van der Waals surface area contributed by atoms with Crippen molar-refractivity contribution in [1.29, 1.82) is 0 Å². The number of rotatable bonds is 2. The predicted molar refractivity (Wildman–Crippen MR) is 82.2 cm³/mol. The number of nitrogens with zero attached hydrogens (tertiary/aromatic N) is 1. The van der Waals surface area contributed by atoms with Gasteiger partial charge in [-0.1, -0.05) is 46.3 Å². The Morgan fingerprint density at radius 3 is 2.27 bits per heavy atom. The van der Waals surface area contributed by atoms with Crippen molar-refractivity contribution in [2.24, 2.45) is 0 Å². The topological polar surface area (TPSA) is 28.7 Å². The highest BCUT2D eigenvalue weighted by atomic mass is 79.9. The van der Waals surface area contributed by atoms with Gasteiger partial charge in [-0.25, -0.2) is 0 Å². The van der Waals surface area contributed by atoms with E-state index in [4.69, 9.17) is 0 Å². The van der Waals surface area contributed by atoms with E-state index in [-0.39, 0.29) is 0 Å². The second-order valence-electron chi connectivity index (χ2n) is 4.72. The van der Waals surface area contributed by atoms with E-state index in [1.165, 1.54) is 12.1 Å². The van der Waals surface area contributed by atoms with Gasteiger partial charge in [0.25, 0.3) is 0 Å². The summed E-state index contributed by atoms with van der Waals surface area (Å²) in [4.78, 5) is 0. The van der Waals surface area contributed by atoms with Gasteiger partial charge in [-0.05, 0) is 24.3 Å². The van der Waals surface area contributed by atoms with Crippen LogP contribution in [-0.4, -0.2) is 10.2 Å². The smallest absolute Gasteiger partial charge is 0.277 e. The quantitative estimate of drug-likeness (QED) is 0.634. The molecule has 0 atom stereocenters. The van der Waals surface area contributed by atoms with Crippen LogP contribution in [0.2, 0.25) is 0 Å². The predicted octanol–water partition coefficient (Wildman–Crippen LogP) is 5.53. The van der Waals surface area contributed by atoms with Crippen molar-refractivity contribution < 1.29 is 13.2 Å². The van der Waals surface area contributed by atoms with Crippen molar-refractivity contribution in [2.45, 2.75) is 6.18 Å². The molecule has 1 aromatic heterocycles. The zero-order valence-corrected chi connectivity index (χ0v) is 12.7. The first-order valence-corrected chi connectivity index (χ1v) is 7.22. The fourth-order valence-corrected chi connectivity index (χ4v) is 2.62. The fourth-order valence-electron chi connectivity index (χ4n) is 2.12. The molecule has 0 amide bonds. The third kappa shape index (κ3) is 2.92. The highest BCUT2D eigenvalue weighted by Crippen LogP contribution is 2.32. The molecule has 0 aliphatic rings. The van der Waals surface area contributed by atoms with Gasteiger partial charge in [0.1, 0.15) is 0 Å². The number of benzene rings is 2. The van der Waals surface area contributed by atoms with Crippen molar-refractivity contribution in [3.05, 3.63) is 64.6 Å². The summed E-state index contributed by atoms with van der Waals surface area (Å²) in [5, 5.41) is 7.07. The molecule has 112 valence electrons. The Morgan fingerprint density at radius 1 is 0.955 bits per heavy atom. The molecule has 0 unspecified atom stereocenters. The van der Waals surface area contributed by atoms with Crippen LogP contribution >= 0.6 is 15.9 Å². The fraction of sp³-hybridized carbons (Fsp3) is 0.0625. The van der Waals surface area contributed by atoms with Crippen LogP contribution in [0, 0.1) is 0 Å². The van der Waals surface area contributed by atoms with Crippen LogP contribution in [0.3, 0.4) is 0 Å². The Hall–Kier alpha value is -2.08. The van der Waals surface area contributed by atoms with E-state index in [1.54, 1.807) is 0 Å². The van der Waals surface area contributed by atoms with Crippen molar-refractivity contribution in [1.82, 2.24) is 10.2 Å². The molecule has 1 N–H and O–H groups in total. The van der Waals surface area contributed by atoms with Crippen LogP contribution in [0.4, 0.5) is 13.2 Å². The Labute approximate surface area is 133 Å². The Balaban J connectivity index is 1.93. The maximum Gasteiger partial charge on any atom is 0.416 e. The minimum Gasteiger partial charge on any atom is -0.277 e. The molecule has 22 heavy (non-hydrogen) atoms. The molecule has 0 fully saturated rings. The molecule has 2 aromatic carbocycles. The number of nitrogens with one attached hydrogen (secondary N) is 1. The third-order valence-electron chi connectivity index (χ3n) is 3.25. The van der Waals surface area contributed by atoms with E-state index in [9.17, 15) is 13.2 Å². The van der Waals surface area contributed by atoms with Gasteiger partial charge in [0.05, 0.1) is 17.0 Å². The molecule has 0 saturated carbocycles. The third-order valence-corrected chi connectivity index (χ3v) is 3.94. The van der Waals surface area contributed by atoms with E-state index in [0.717, 1.165) is 27.9 Å². The van der Waals surface area contributed by atoms with Crippen LogP contribution in [-0.2, 0) is 6.18 Å². The summed E-state index contributed by atoms with van der Waals surface area (Å²) in [6.45, 7) is 0. The van der Waals surface area contributed by atoms with E-state index >= 15 is 0 Å². The van der Waals surface area contributed by atoms with E-state index < -0.39 is 11.7 Å². The largest absolute Gasteiger partial charge is 0.416 e. The maximum absolute atomic E-state index is 12.6. The van der Waals surface area contributed by atoms with E-state index in [1.807, 2.05) is 30.3 Å². The van der Waals surface area contributed by atoms with Crippen molar-refractivity contribution >= 4 is 15.9 Å². The van der Waals surface area contributed by atoms with Crippen molar-refractivity contribution in [3.63, 3.8) is 0 Å². The SMILES string of the molecule is FC(F)(F)c1ccc(-c2cc(-c3ccccc3Br)[nH]n2)cc1. The van der Waals surface area contributed by atoms with Crippen LogP contribution in [0.1, 0.15) is 5.56 Å². The zero-order valence-electron chi connectivity index (χ0n) is 11.2. The molecule has 3 aromatic rings. The number of aromatic nitrogens is 2. The molecule has 0 saturated heterocycles. The lowest BCUT2D eigenvalue weighted by molar-refractivity contribution is -0.137. The minimum absolute atomic E-state index is 0.597. The highest BCUT2D eigenvalue weighted by molar-refractivity contribution is 9.10.